The minimum absolute atomic E-state index is 0.0574. The molecule has 1 aliphatic rings. The van der Waals surface area contributed by atoms with Crippen molar-refractivity contribution in [1.29, 1.82) is 0 Å². The third-order valence-electron chi connectivity index (χ3n) is 3.40. The molecule has 21 heavy (non-hydrogen) atoms. The highest BCUT2D eigenvalue weighted by atomic mass is 35.5. The summed E-state index contributed by atoms with van der Waals surface area (Å²) < 4.78 is 5.06. The first-order valence-corrected chi connectivity index (χ1v) is 7.40. The van der Waals surface area contributed by atoms with Crippen LogP contribution in [0.1, 0.15) is 10.4 Å². The van der Waals surface area contributed by atoms with Crippen LogP contribution in [0.5, 0.6) is 5.75 Å². The molecule has 0 unspecified atom stereocenters. The average Bonchev–Trinajstić information content (AvgIpc) is 2.53. The Morgan fingerprint density at radius 1 is 1.05 bits per heavy atom. The summed E-state index contributed by atoms with van der Waals surface area (Å²) >= 11 is 11.1. The van der Waals surface area contributed by atoms with Gasteiger partial charge >= 0.3 is 0 Å². The van der Waals surface area contributed by atoms with Crippen LogP contribution in [0.15, 0.2) is 24.3 Å². The number of amides is 2. The Morgan fingerprint density at radius 3 is 2.05 bits per heavy atom. The van der Waals surface area contributed by atoms with Crippen molar-refractivity contribution in [1.82, 2.24) is 9.80 Å². The number of piperazine rings is 1. The van der Waals surface area contributed by atoms with Gasteiger partial charge in [0.1, 0.15) is 5.75 Å². The van der Waals surface area contributed by atoms with Gasteiger partial charge in [-0.05, 0) is 24.3 Å². The molecule has 114 valence electrons. The average molecular weight is 331 g/mol. The van der Waals surface area contributed by atoms with Gasteiger partial charge in [0.05, 0.1) is 7.11 Å². The van der Waals surface area contributed by atoms with E-state index in [0.717, 1.165) is 0 Å². The normalized spacial score (nSPS) is 15.2. The van der Waals surface area contributed by atoms with E-state index in [2.05, 4.69) is 0 Å². The molecule has 1 heterocycles. The number of carbonyl (C=O) groups is 2. The number of halogens is 2. The molecule has 0 spiro atoms. The smallest absolute Gasteiger partial charge is 0.255 e. The van der Waals surface area contributed by atoms with Crippen LogP contribution in [-0.4, -0.2) is 59.7 Å². The third kappa shape index (κ3) is 3.80. The van der Waals surface area contributed by atoms with Crippen LogP contribution in [0, 0.1) is 0 Å². The second-order valence-corrected chi connectivity index (χ2v) is 5.74. The van der Waals surface area contributed by atoms with Crippen molar-refractivity contribution in [2.75, 3.05) is 33.3 Å². The van der Waals surface area contributed by atoms with Gasteiger partial charge in [-0.25, -0.2) is 0 Å². The molecule has 0 aliphatic carbocycles. The molecule has 2 rings (SSSR count). The van der Waals surface area contributed by atoms with Gasteiger partial charge in [-0.2, -0.15) is 0 Å². The predicted octanol–water partition coefficient (Wildman–Crippen LogP) is 1.78. The molecule has 1 aromatic rings. The minimum atomic E-state index is -1.05. The number of carbonyl (C=O) groups excluding carboxylic acids is 2. The SMILES string of the molecule is COc1ccc(C(=O)N2CCN(C(=O)C(Cl)Cl)CC2)cc1. The topological polar surface area (TPSA) is 49.9 Å². The van der Waals surface area contributed by atoms with E-state index in [0.29, 0.717) is 37.5 Å². The van der Waals surface area contributed by atoms with E-state index in [4.69, 9.17) is 27.9 Å². The summed E-state index contributed by atoms with van der Waals surface area (Å²) in [5.74, 6) is 0.338. The quantitative estimate of drug-likeness (QED) is 0.794. The van der Waals surface area contributed by atoms with E-state index in [1.54, 1.807) is 41.2 Å². The number of nitrogens with zero attached hydrogens (tertiary/aromatic N) is 2. The molecule has 5 nitrogen and oxygen atoms in total. The van der Waals surface area contributed by atoms with Crippen LogP contribution in [0.4, 0.5) is 0 Å². The van der Waals surface area contributed by atoms with Crippen molar-refractivity contribution >= 4 is 35.0 Å². The van der Waals surface area contributed by atoms with Crippen LogP contribution >= 0.6 is 23.2 Å². The standard InChI is InChI=1S/C14H16Cl2N2O3/c1-21-11-4-2-10(3-5-11)13(19)17-6-8-18(9-7-17)14(20)12(15)16/h2-5,12H,6-9H2,1H3. The number of hydrogen-bond acceptors (Lipinski definition) is 3. The molecule has 2 amide bonds. The van der Waals surface area contributed by atoms with Crippen LogP contribution < -0.4 is 4.74 Å². The van der Waals surface area contributed by atoms with Crippen molar-refractivity contribution in [2.24, 2.45) is 0 Å². The van der Waals surface area contributed by atoms with Gasteiger partial charge in [-0.3, -0.25) is 9.59 Å². The van der Waals surface area contributed by atoms with Gasteiger partial charge in [0.2, 0.25) is 0 Å². The molecular weight excluding hydrogens is 315 g/mol. The van der Waals surface area contributed by atoms with Crippen molar-refractivity contribution in [3.05, 3.63) is 29.8 Å². The molecule has 0 aromatic heterocycles. The summed E-state index contributed by atoms with van der Waals surface area (Å²) in [5, 5.41) is 0. The summed E-state index contributed by atoms with van der Waals surface area (Å²) in [7, 11) is 1.58. The lowest BCUT2D eigenvalue weighted by Crippen LogP contribution is -2.51. The summed E-state index contributed by atoms with van der Waals surface area (Å²) in [6, 6.07) is 6.95. The molecule has 0 radical (unpaired) electrons. The van der Waals surface area contributed by atoms with Crippen molar-refractivity contribution in [3.8, 4) is 5.75 Å². The van der Waals surface area contributed by atoms with Crippen molar-refractivity contribution < 1.29 is 14.3 Å². The largest absolute Gasteiger partial charge is 0.497 e. The van der Waals surface area contributed by atoms with Crippen LogP contribution in [0.25, 0.3) is 0 Å². The van der Waals surface area contributed by atoms with Crippen molar-refractivity contribution in [2.45, 2.75) is 4.84 Å². The molecule has 1 aliphatic heterocycles. The second kappa shape index (κ2) is 7.00. The van der Waals surface area contributed by atoms with Crippen LogP contribution in [-0.2, 0) is 4.79 Å². The highest BCUT2D eigenvalue weighted by molar-refractivity contribution is 6.53. The number of ether oxygens (including phenoxy) is 1. The fourth-order valence-corrected chi connectivity index (χ4v) is 2.46. The molecular formula is C14H16Cl2N2O3. The van der Waals surface area contributed by atoms with Crippen LogP contribution in [0.3, 0.4) is 0 Å². The zero-order chi connectivity index (χ0) is 15.4. The Kier molecular flexibility index (Phi) is 5.31. The van der Waals surface area contributed by atoms with E-state index in [1.165, 1.54) is 0 Å². The number of benzene rings is 1. The lowest BCUT2D eigenvalue weighted by molar-refractivity contribution is -0.130. The molecule has 0 saturated carbocycles. The minimum Gasteiger partial charge on any atom is -0.497 e. The molecule has 1 aromatic carbocycles. The maximum Gasteiger partial charge on any atom is 0.255 e. The zero-order valence-corrected chi connectivity index (χ0v) is 13.1. The predicted molar refractivity (Wildman–Crippen MR) is 81.0 cm³/mol. The number of hydrogen-bond donors (Lipinski definition) is 0. The molecule has 7 heteroatoms. The highest BCUT2D eigenvalue weighted by Gasteiger charge is 2.27. The second-order valence-electron chi connectivity index (χ2n) is 4.65. The Hall–Kier alpha value is -1.46. The molecule has 1 fully saturated rings. The highest BCUT2D eigenvalue weighted by Crippen LogP contribution is 2.15. The van der Waals surface area contributed by atoms with E-state index in [9.17, 15) is 9.59 Å². The monoisotopic (exact) mass is 330 g/mol. The third-order valence-corrected chi connectivity index (χ3v) is 3.78. The first-order valence-electron chi connectivity index (χ1n) is 6.53. The van der Waals surface area contributed by atoms with E-state index in [1.807, 2.05) is 0 Å². The van der Waals surface area contributed by atoms with E-state index < -0.39 is 4.84 Å². The number of methoxy groups -OCH3 is 1. The van der Waals surface area contributed by atoms with Gasteiger partial charge in [0, 0.05) is 31.7 Å². The van der Waals surface area contributed by atoms with Gasteiger partial charge in [0.25, 0.3) is 11.8 Å². The Morgan fingerprint density at radius 2 is 1.57 bits per heavy atom. The van der Waals surface area contributed by atoms with Gasteiger partial charge < -0.3 is 14.5 Å². The Labute approximate surface area is 133 Å². The first-order chi connectivity index (χ1) is 10.0. The van der Waals surface area contributed by atoms with E-state index in [-0.39, 0.29) is 11.8 Å². The lowest BCUT2D eigenvalue weighted by atomic mass is 10.1. The van der Waals surface area contributed by atoms with Crippen LogP contribution in [0.2, 0.25) is 0 Å². The number of rotatable bonds is 3. The summed E-state index contributed by atoms with van der Waals surface area (Å²) in [5.41, 5.74) is 0.600. The summed E-state index contributed by atoms with van der Waals surface area (Å²) in [4.78, 5) is 26.2. The summed E-state index contributed by atoms with van der Waals surface area (Å²) in [6.07, 6.45) is 0. The maximum atomic E-state index is 12.3. The van der Waals surface area contributed by atoms with Gasteiger partial charge in [-0.15, -0.1) is 0 Å². The van der Waals surface area contributed by atoms with Gasteiger partial charge in [0.15, 0.2) is 4.84 Å². The maximum absolute atomic E-state index is 12.3. The lowest BCUT2D eigenvalue weighted by Gasteiger charge is -2.35. The Balaban J connectivity index is 1.95. The number of alkyl halides is 2. The Bertz CT molecular complexity index is 511. The zero-order valence-electron chi connectivity index (χ0n) is 11.6. The first kappa shape index (κ1) is 15.9. The fourth-order valence-electron chi connectivity index (χ4n) is 2.18. The fraction of sp³-hybridized carbons (Fsp3) is 0.429. The molecule has 0 N–H and O–H groups in total. The molecule has 0 bridgehead atoms. The van der Waals surface area contributed by atoms with Gasteiger partial charge in [-0.1, -0.05) is 23.2 Å². The molecule has 1 saturated heterocycles. The molecule has 0 atom stereocenters. The summed E-state index contributed by atoms with van der Waals surface area (Å²) in [6.45, 7) is 1.82. The van der Waals surface area contributed by atoms with E-state index >= 15 is 0 Å². The van der Waals surface area contributed by atoms with Crippen molar-refractivity contribution in [3.63, 3.8) is 0 Å².